The van der Waals surface area contributed by atoms with Crippen LogP contribution in [-0.4, -0.2) is 6.29 Å². The second-order valence-electron chi connectivity index (χ2n) is 4.07. The minimum absolute atomic E-state index is 0.393. The number of carbonyl (C=O) groups is 1. The van der Waals surface area contributed by atoms with Crippen molar-refractivity contribution in [1.29, 1.82) is 0 Å². The minimum atomic E-state index is 0.393. The summed E-state index contributed by atoms with van der Waals surface area (Å²) in [4.78, 5) is 10.6. The molecule has 12 heavy (non-hydrogen) atoms. The van der Waals surface area contributed by atoms with Crippen LogP contribution in [0.25, 0.3) is 0 Å². The van der Waals surface area contributed by atoms with Gasteiger partial charge in [0, 0.05) is 5.92 Å². The van der Waals surface area contributed by atoms with Gasteiger partial charge in [-0.1, -0.05) is 40.0 Å². The summed E-state index contributed by atoms with van der Waals surface area (Å²) < 4.78 is 0. The fourth-order valence-corrected chi connectivity index (χ4v) is 2.61. The van der Waals surface area contributed by atoms with E-state index in [-0.39, 0.29) is 0 Å². The summed E-state index contributed by atoms with van der Waals surface area (Å²) in [5.74, 6) is 1.10. The van der Waals surface area contributed by atoms with Gasteiger partial charge in [-0.25, -0.2) is 0 Å². The first-order valence-electron chi connectivity index (χ1n) is 5.19. The second kappa shape index (κ2) is 3.59. The van der Waals surface area contributed by atoms with Gasteiger partial charge in [0.1, 0.15) is 6.29 Å². The van der Waals surface area contributed by atoms with E-state index in [1.165, 1.54) is 19.3 Å². The molecule has 0 bridgehead atoms. The first kappa shape index (κ1) is 9.76. The summed E-state index contributed by atoms with van der Waals surface area (Å²) in [6.07, 6.45) is 6.00. The molecule has 1 aliphatic rings. The van der Waals surface area contributed by atoms with Crippen LogP contribution in [0, 0.1) is 17.3 Å². The fourth-order valence-electron chi connectivity index (χ4n) is 2.61. The Morgan fingerprint density at radius 2 is 1.75 bits per heavy atom. The molecule has 0 N–H and O–H groups in total. The van der Waals surface area contributed by atoms with Crippen molar-refractivity contribution < 1.29 is 4.79 Å². The first-order chi connectivity index (χ1) is 5.74. The number of carbonyl (C=O) groups excluding carboxylic acids is 1. The van der Waals surface area contributed by atoms with Crippen molar-refractivity contribution in [1.82, 2.24) is 0 Å². The van der Waals surface area contributed by atoms with Crippen LogP contribution < -0.4 is 0 Å². The maximum Gasteiger partial charge on any atom is 0.123 e. The topological polar surface area (TPSA) is 17.1 Å². The lowest BCUT2D eigenvalue weighted by atomic mass is 9.74. The second-order valence-corrected chi connectivity index (χ2v) is 4.07. The molecular formula is C11H20O. The van der Waals surface area contributed by atoms with Gasteiger partial charge >= 0.3 is 0 Å². The van der Waals surface area contributed by atoms with Crippen LogP contribution in [0.4, 0.5) is 0 Å². The van der Waals surface area contributed by atoms with Crippen molar-refractivity contribution in [3.05, 3.63) is 0 Å². The van der Waals surface area contributed by atoms with E-state index in [1.807, 2.05) is 0 Å². The summed E-state index contributed by atoms with van der Waals surface area (Å²) in [6, 6.07) is 0. The summed E-state index contributed by atoms with van der Waals surface area (Å²) >= 11 is 0. The number of rotatable bonds is 5. The van der Waals surface area contributed by atoms with Crippen LogP contribution >= 0.6 is 0 Å². The first-order valence-corrected chi connectivity index (χ1v) is 5.19. The molecule has 0 unspecified atom stereocenters. The largest absolute Gasteiger partial charge is 0.303 e. The highest BCUT2D eigenvalue weighted by atomic mass is 16.1. The van der Waals surface area contributed by atoms with E-state index in [4.69, 9.17) is 0 Å². The van der Waals surface area contributed by atoms with E-state index in [2.05, 4.69) is 20.8 Å². The lowest BCUT2D eigenvalue weighted by Gasteiger charge is -2.30. The molecule has 0 aromatic rings. The molecule has 1 saturated carbocycles. The maximum atomic E-state index is 10.6. The smallest absolute Gasteiger partial charge is 0.123 e. The monoisotopic (exact) mass is 168 g/mol. The van der Waals surface area contributed by atoms with Gasteiger partial charge in [-0.05, 0) is 17.8 Å². The van der Waals surface area contributed by atoms with Crippen molar-refractivity contribution in [2.24, 2.45) is 17.3 Å². The third-order valence-electron chi connectivity index (χ3n) is 3.91. The van der Waals surface area contributed by atoms with Gasteiger partial charge in [-0.3, -0.25) is 0 Å². The minimum Gasteiger partial charge on any atom is -0.303 e. The Morgan fingerprint density at radius 3 is 2.00 bits per heavy atom. The predicted molar refractivity (Wildman–Crippen MR) is 51.0 cm³/mol. The summed E-state index contributed by atoms with van der Waals surface area (Å²) in [6.45, 7) is 6.77. The fraction of sp³-hybridized carbons (Fsp3) is 0.909. The quantitative estimate of drug-likeness (QED) is 0.577. The van der Waals surface area contributed by atoms with Crippen LogP contribution in [0.15, 0.2) is 0 Å². The van der Waals surface area contributed by atoms with E-state index in [1.54, 1.807) is 0 Å². The average molecular weight is 168 g/mol. The Hall–Kier alpha value is -0.330. The Bertz CT molecular complexity index is 150. The molecule has 0 heterocycles. The van der Waals surface area contributed by atoms with Crippen molar-refractivity contribution in [2.75, 3.05) is 0 Å². The van der Waals surface area contributed by atoms with Gasteiger partial charge in [-0.2, -0.15) is 0 Å². The van der Waals surface area contributed by atoms with Crippen molar-refractivity contribution >= 4 is 6.29 Å². The lowest BCUT2D eigenvalue weighted by molar-refractivity contribution is -0.109. The normalized spacial score (nSPS) is 28.6. The molecule has 70 valence electrons. The Balaban J connectivity index is 2.60. The van der Waals surface area contributed by atoms with Crippen molar-refractivity contribution in [3.63, 3.8) is 0 Å². The van der Waals surface area contributed by atoms with Crippen LogP contribution in [0.1, 0.15) is 46.5 Å². The summed E-state index contributed by atoms with van der Waals surface area (Å²) in [5, 5.41) is 0. The lowest BCUT2D eigenvalue weighted by Crippen LogP contribution is -2.21. The molecule has 1 heteroatoms. The van der Waals surface area contributed by atoms with Gasteiger partial charge in [0.2, 0.25) is 0 Å². The molecule has 0 amide bonds. The molecule has 0 radical (unpaired) electrons. The third-order valence-corrected chi connectivity index (χ3v) is 3.91. The van der Waals surface area contributed by atoms with Crippen LogP contribution in [0.5, 0.6) is 0 Å². The van der Waals surface area contributed by atoms with Gasteiger partial charge < -0.3 is 4.79 Å². The van der Waals surface area contributed by atoms with Gasteiger partial charge in [0.25, 0.3) is 0 Å². The highest BCUT2D eigenvalue weighted by Crippen LogP contribution is 2.55. The summed E-state index contributed by atoms with van der Waals surface area (Å²) in [5.41, 5.74) is 0.478. The number of hydrogen-bond acceptors (Lipinski definition) is 1. The maximum absolute atomic E-state index is 10.6. The summed E-state index contributed by atoms with van der Waals surface area (Å²) in [7, 11) is 0. The van der Waals surface area contributed by atoms with E-state index in [0.717, 1.165) is 12.7 Å². The number of aldehydes is 1. The molecule has 1 fully saturated rings. The standard InChI is InChI=1S/C11H20O/c1-4-11(5-2,6-3)10-7-9(10)8-12/h8-10H,4-7H2,1-3H3/t9-,10-/m1/s1. The van der Waals surface area contributed by atoms with Crippen LogP contribution in [0.2, 0.25) is 0 Å². The van der Waals surface area contributed by atoms with Crippen molar-refractivity contribution in [2.45, 2.75) is 46.5 Å². The van der Waals surface area contributed by atoms with E-state index >= 15 is 0 Å². The molecule has 0 saturated heterocycles. The van der Waals surface area contributed by atoms with Crippen LogP contribution in [-0.2, 0) is 4.79 Å². The zero-order valence-electron chi connectivity index (χ0n) is 8.47. The molecule has 0 aromatic heterocycles. The molecule has 1 nitrogen and oxygen atoms in total. The van der Waals surface area contributed by atoms with Gasteiger partial charge in [0.15, 0.2) is 0 Å². The van der Waals surface area contributed by atoms with Crippen molar-refractivity contribution in [3.8, 4) is 0 Å². The molecule has 0 aliphatic heterocycles. The Morgan fingerprint density at radius 1 is 1.25 bits per heavy atom. The van der Waals surface area contributed by atoms with Gasteiger partial charge in [0.05, 0.1) is 0 Å². The van der Waals surface area contributed by atoms with E-state index < -0.39 is 0 Å². The molecule has 1 rings (SSSR count). The molecular weight excluding hydrogens is 148 g/mol. The highest BCUT2D eigenvalue weighted by molar-refractivity contribution is 5.58. The highest BCUT2D eigenvalue weighted by Gasteiger charge is 2.49. The van der Waals surface area contributed by atoms with E-state index in [9.17, 15) is 4.79 Å². The Kier molecular flexibility index (Phi) is 2.92. The van der Waals surface area contributed by atoms with Gasteiger partial charge in [-0.15, -0.1) is 0 Å². The Labute approximate surface area is 75.5 Å². The van der Waals surface area contributed by atoms with Crippen LogP contribution in [0.3, 0.4) is 0 Å². The number of hydrogen-bond donors (Lipinski definition) is 0. The SMILES string of the molecule is CCC(CC)(CC)[C@@H]1C[C@@H]1C=O. The molecule has 1 aliphatic carbocycles. The molecule has 2 atom stereocenters. The molecule has 0 aromatic carbocycles. The molecule has 0 spiro atoms. The zero-order valence-corrected chi connectivity index (χ0v) is 8.47. The zero-order chi connectivity index (χ0) is 9.19. The average Bonchev–Trinajstić information content (AvgIpc) is 2.89. The third kappa shape index (κ3) is 1.41. The van der Waals surface area contributed by atoms with E-state index in [0.29, 0.717) is 17.3 Å². The predicted octanol–water partition coefficient (Wildman–Crippen LogP) is 3.04.